The number of benzene rings is 1. The first-order chi connectivity index (χ1) is 16.6. The Labute approximate surface area is 198 Å². The number of ether oxygens (including phenoxy) is 4. The van der Waals surface area contributed by atoms with Crippen LogP contribution in [0.15, 0.2) is 30.5 Å². The monoisotopic (exact) mass is 470 g/mol. The lowest BCUT2D eigenvalue weighted by Gasteiger charge is -2.22. The van der Waals surface area contributed by atoms with Gasteiger partial charge in [0.2, 0.25) is 5.88 Å². The highest BCUT2D eigenvalue weighted by molar-refractivity contribution is 5.96. The van der Waals surface area contributed by atoms with Gasteiger partial charge in [0.25, 0.3) is 0 Å². The van der Waals surface area contributed by atoms with E-state index in [2.05, 4.69) is 15.6 Å². The maximum Gasteiger partial charge on any atom is 0.250 e. The molecule has 1 aromatic carbocycles. The van der Waals surface area contributed by atoms with Crippen LogP contribution in [0.25, 0.3) is 10.9 Å². The Morgan fingerprint density at radius 1 is 1.09 bits per heavy atom. The van der Waals surface area contributed by atoms with Crippen LogP contribution in [0.3, 0.4) is 0 Å². The van der Waals surface area contributed by atoms with E-state index in [1.165, 1.54) is 6.07 Å². The molecule has 0 atom stereocenters. The minimum absolute atomic E-state index is 0.0190. The maximum absolute atomic E-state index is 14.4. The Kier molecular flexibility index (Phi) is 7.84. The van der Waals surface area contributed by atoms with Crippen molar-refractivity contribution in [3.63, 3.8) is 0 Å². The molecule has 0 amide bonds. The van der Waals surface area contributed by atoms with Gasteiger partial charge in [0.05, 0.1) is 43.9 Å². The first-order valence-electron chi connectivity index (χ1n) is 11.5. The number of methoxy groups -OCH3 is 2. The van der Waals surface area contributed by atoms with E-state index in [0.717, 1.165) is 55.6 Å². The molecule has 9 heteroatoms. The standard InChI is InChI=1S/C25H31FN4O4/c1-4-34-25-19(26)11-17(15-28-25)29-21-14-24(27-8-5-16-6-9-33-10-7-16)30-20-13-23(32-3)22(31-2)12-18(20)21/h11-16H,4-10H2,1-3H3,(H2,27,29,30). The fourth-order valence-electron chi connectivity index (χ4n) is 4.08. The van der Waals surface area contributed by atoms with E-state index in [4.69, 9.17) is 23.9 Å². The van der Waals surface area contributed by atoms with Gasteiger partial charge in [0.1, 0.15) is 5.82 Å². The Balaban J connectivity index is 1.63. The molecule has 0 unspecified atom stereocenters. The maximum atomic E-state index is 14.4. The molecule has 2 aromatic heterocycles. The van der Waals surface area contributed by atoms with Gasteiger partial charge in [-0.25, -0.2) is 14.4 Å². The van der Waals surface area contributed by atoms with E-state index in [0.29, 0.717) is 35.5 Å². The van der Waals surface area contributed by atoms with Gasteiger partial charge in [-0.15, -0.1) is 0 Å². The van der Waals surface area contributed by atoms with Crippen LogP contribution >= 0.6 is 0 Å². The van der Waals surface area contributed by atoms with E-state index >= 15 is 0 Å². The number of nitrogens with one attached hydrogen (secondary N) is 2. The molecule has 1 aliphatic rings. The van der Waals surface area contributed by atoms with Crippen LogP contribution in [0.5, 0.6) is 17.4 Å². The molecule has 0 saturated carbocycles. The number of rotatable bonds is 10. The molecule has 3 aromatic rings. The van der Waals surface area contributed by atoms with Crippen LogP contribution < -0.4 is 24.8 Å². The third kappa shape index (κ3) is 5.59. The van der Waals surface area contributed by atoms with Crippen molar-refractivity contribution in [1.29, 1.82) is 0 Å². The van der Waals surface area contributed by atoms with Gasteiger partial charge in [0.15, 0.2) is 17.3 Å². The van der Waals surface area contributed by atoms with Crippen LogP contribution in [-0.2, 0) is 4.74 Å². The number of halogens is 1. The molecule has 1 saturated heterocycles. The summed E-state index contributed by atoms with van der Waals surface area (Å²) in [5.74, 6) is 1.99. The van der Waals surface area contributed by atoms with Crippen molar-refractivity contribution in [2.75, 3.05) is 51.2 Å². The Hall–Kier alpha value is -3.33. The SMILES string of the molecule is CCOc1ncc(Nc2cc(NCCC3CCOCC3)nc3cc(OC)c(OC)cc23)cc1F. The second kappa shape index (κ2) is 11.2. The fourth-order valence-corrected chi connectivity index (χ4v) is 4.08. The molecular weight excluding hydrogens is 439 g/mol. The van der Waals surface area contributed by atoms with Crippen molar-refractivity contribution >= 4 is 28.1 Å². The number of anilines is 3. The molecule has 3 heterocycles. The summed E-state index contributed by atoms with van der Waals surface area (Å²) in [6, 6.07) is 6.96. The number of pyridine rings is 2. The first kappa shape index (κ1) is 23.8. The van der Waals surface area contributed by atoms with Crippen LogP contribution in [0.2, 0.25) is 0 Å². The average molecular weight is 471 g/mol. The Morgan fingerprint density at radius 3 is 2.56 bits per heavy atom. The molecule has 0 radical (unpaired) electrons. The quantitative estimate of drug-likeness (QED) is 0.420. The second-order valence-corrected chi connectivity index (χ2v) is 8.12. The van der Waals surface area contributed by atoms with E-state index in [9.17, 15) is 4.39 Å². The first-order valence-corrected chi connectivity index (χ1v) is 11.5. The highest BCUT2D eigenvalue weighted by Crippen LogP contribution is 2.37. The minimum Gasteiger partial charge on any atom is -0.493 e. The minimum atomic E-state index is -0.528. The van der Waals surface area contributed by atoms with Crippen molar-refractivity contribution < 1.29 is 23.3 Å². The van der Waals surface area contributed by atoms with Gasteiger partial charge in [0, 0.05) is 43.3 Å². The zero-order valence-corrected chi connectivity index (χ0v) is 19.8. The van der Waals surface area contributed by atoms with Gasteiger partial charge in [-0.2, -0.15) is 0 Å². The van der Waals surface area contributed by atoms with E-state index in [1.54, 1.807) is 27.3 Å². The molecule has 0 spiro atoms. The lowest BCUT2D eigenvalue weighted by Crippen LogP contribution is -2.18. The van der Waals surface area contributed by atoms with Crippen molar-refractivity contribution in [2.24, 2.45) is 5.92 Å². The third-order valence-corrected chi connectivity index (χ3v) is 5.88. The highest BCUT2D eigenvalue weighted by atomic mass is 19.1. The normalized spacial score (nSPS) is 14.1. The number of aromatic nitrogens is 2. The molecule has 34 heavy (non-hydrogen) atoms. The largest absolute Gasteiger partial charge is 0.493 e. The van der Waals surface area contributed by atoms with Gasteiger partial charge >= 0.3 is 0 Å². The number of fused-ring (bicyclic) bond motifs is 1. The highest BCUT2D eigenvalue weighted by Gasteiger charge is 2.16. The molecule has 1 aliphatic heterocycles. The summed E-state index contributed by atoms with van der Waals surface area (Å²) in [5.41, 5.74) is 1.96. The summed E-state index contributed by atoms with van der Waals surface area (Å²) < 4.78 is 36.0. The topological polar surface area (TPSA) is 86.8 Å². The second-order valence-electron chi connectivity index (χ2n) is 8.12. The molecule has 8 nitrogen and oxygen atoms in total. The summed E-state index contributed by atoms with van der Waals surface area (Å²) in [4.78, 5) is 8.86. The molecule has 0 aliphatic carbocycles. The summed E-state index contributed by atoms with van der Waals surface area (Å²) in [6.07, 6.45) is 4.77. The fraction of sp³-hybridized carbons (Fsp3) is 0.440. The van der Waals surface area contributed by atoms with Crippen molar-refractivity contribution in [2.45, 2.75) is 26.2 Å². The number of hydrogen-bond donors (Lipinski definition) is 2. The van der Waals surface area contributed by atoms with Gasteiger partial charge in [-0.1, -0.05) is 0 Å². The zero-order valence-electron chi connectivity index (χ0n) is 19.8. The Morgan fingerprint density at radius 2 is 1.85 bits per heavy atom. The lowest BCUT2D eigenvalue weighted by molar-refractivity contribution is 0.0649. The molecule has 4 rings (SSSR count). The van der Waals surface area contributed by atoms with Crippen molar-refractivity contribution in [3.05, 3.63) is 36.3 Å². The van der Waals surface area contributed by atoms with Crippen molar-refractivity contribution in [1.82, 2.24) is 9.97 Å². The molecule has 182 valence electrons. The predicted molar refractivity (Wildman–Crippen MR) is 130 cm³/mol. The lowest BCUT2D eigenvalue weighted by atomic mass is 9.97. The summed E-state index contributed by atoms with van der Waals surface area (Å²) in [6.45, 7) is 4.60. The van der Waals surface area contributed by atoms with E-state index < -0.39 is 5.82 Å². The number of hydrogen-bond acceptors (Lipinski definition) is 8. The predicted octanol–water partition coefficient (Wildman–Crippen LogP) is 5.16. The van der Waals surface area contributed by atoms with Crippen LogP contribution in [0.4, 0.5) is 21.6 Å². The molecule has 2 N–H and O–H groups in total. The van der Waals surface area contributed by atoms with Crippen LogP contribution in [0, 0.1) is 11.7 Å². The van der Waals surface area contributed by atoms with Gasteiger partial charge < -0.3 is 29.6 Å². The third-order valence-electron chi connectivity index (χ3n) is 5.88. The van der Waals surface area contributed by atoms with E-state index in [-0.39, 0.29) is 5.88 Å². The number of nitrogens with zero attached hydrogens (tertiary/aromatic N) is 2. The molecular formula is C25H31FN4O4. The Bertz CT molecular complexity index is 1120. The van der Waals surface area contributed by atoms with Crippen LogP contribution in [-0.4, -0.2) is 50.6 Å². The van der Waals surface area contributed by atoms with Crippen molar-refractivity contribution in [3.8, 4) is 17.4 Å². The average Bonchev–Trinajstić information content (AvgIpc) is 2.85. The van der Waals surface area contributed by atoms with Gasteiger partial charge in [-0.3, -0.25) is 0 Å². The summed E-state index contributed by atoms with van der Waals surface area (Å²) in [5, 5.41) is 7.52. The summed E-state index contributed by atoms with van der Waals surface area (Å²) in [7, 11) is 3.18. The smallest absolute Gasteiger partial charge is 0.250 e. The zero-order chi connectivity index (χ0) is 23.9. The van der Waals surface area contributed by atoms with Crippen LogP contribution in [0.1, 0.15) is 26.2 Å². The molecule has 0 bridgehead atoms. The van der Waals surface area contributed by atoms with E-state index in [1.807, 2.05) is 18.2 Å². The molecule has 1 fully saturated rings. The van der Waals surface area contributed by atoms with Gasteiger partial charge in [-0.05, 0) is 38.2 Å². The summed E-state index contributed by atoms with van der Waals surface area (Å²) >= 11 is 0.